The second kappa shape index (κ2) is 3.17. The van der Waals surface area contributed by atoms with E-state index in [-0.39, 0.29) is 18.0 Å². The summed E-state index contributed by atoms with van der Waals surface area (Å²) in [6.07, 6.45) is 4.98. The van der Waals surface area contributed by atoms with E-state index >= 15 is 0 Å². The van der Waals surface area contributed by atoms with Gasteiger partial charge in [0, 0.05) is 0 Å². The van der Waals surface area contributed by atoms with Crippen molar-refractivity contribution in [1.82, 2.24) is 0 Å². The van der Waals surface area contributed by atoms with Gasteiger partial charge in [-0.3, -0.25) is 0 Å². The summed E-state index contributed by atoms with van der Waals surface area (Å²) < 4.78 is 5.74. The molecule has 0 aromatic rings. The molecule has 2 rings (SSSR count). The highest BCUT2D eigenvalue weighted by atomic mass is 35.5. The molecule has 1 saturated carbocycles. The summed E-state index contributed by atoms with van der Waals surface area (Å²) in [5.74, 6) is 0. The molecule has 2 unspecified atom stereocenters. The minimum atomic E-state index is 0. The molecule has 2 bridgehead atoms. The molecule has 1 aliphatic heterocycles. The van der Waals surface area contributed by atoms with Crippen LogP contribution in [-0.2, 0) is 4.74 Å². The third-order valence-corrected chi connectivity index (χ3v) is 3.33. The highest BCUT2D eigenvalue weighted by Gasteiger charge is 2.52. The summed E-state index contributed by atoms with van der Waals surface area (Å²) in [7, 11) is 0. The number of rotatable bonds is 2. The third kappa shape index (κ3) is 1.48. The Morgan fingerprint density at radius 1 is 1.42 bits per heavy atom. The molecular formula is C9H18ClNO. The molecule has 3 heteroatoms. The van der Waals surface area contributed by atoms with Gasteiger partial charge in [-0.25, -0.2) is 0 Å². The molecule has 0 amide bonds. The van der Waals surface area contributed by atoms with E-state index in [1.807, 2.05) is 0 Å². The van der Waals surface area contributed by atoms with Crippen molar-refractivity contribution < 1.29 is 4.74 Å². The van der Waals surface area contributed by atoms with Crippen LogP contribution in [0.1, 0.15) is 32.6 Å². The first kappa shape index (κ1) is 10.3. The number of ether oxygens (including phenoxy) is 1. The van der Waals surface area contributed by atoms with Crippen molar-refractivity contribution in [1.29, 1.82) is 0 Å². The molecule has 2 atom stereocenters. The lowest BCUT2D eigenvalue weighted by Crippen LogP contribution is -2.25. The molecule has 2 aliphatic rings. The fourth-order valence-corrected chi connectivity index (χ4v) is 2.67. The second-order valence-electron chi connectivity index (χ2n) is 4.45. The van der Waals surface area contributed by atoms with E-state index in [0.29, 0.717) is 5.41 Å². The van der Waals surface area contributed by atoms with Gasteiger partial charge in [-0.2, -0.15) is 0 Å². The van der Waals surface area contributed by atoms with Crippen LogP contribution >= 0.6 is 12.4 Å². The SMILES string of the molecule is CC12CCC(CCN)(CO1)C2.Cl. The summed E-state index contributed by atoms with van der Waals surface area (Å²) >= 11 is 0. The van der Waals surface area contributed by atoms with Crippen LogP contribution in [0.5, 0.6) is 0 Å². The Morgan fingerprint density at radius 2 is 2.17 bits per heavy atom. The van der Waals surface area contributed by atoms with Crippen molar-refractivity contribution in [2.24, 2.45) is 11.1 Å². The molecule has 2 nitrogen and oxygen atoms in total. The van der Waals surface area contributed by atoms with E-state index in [1.54, 1.807) is 0 Å². The first-order valence-electron chi connectivity index (χ1n) is 4.52. The quantitative estimate of drug-likeness (QED) is 0.722. The Kier molecular flexibility index (Phi) is 2.72. The van der Waals surface area contributed by atoms with Crippen LogP contribution in [0.25, 0.3) is 0 Å². The van der Waals surface area contributed by atoms with Gasteiger partial charge in [0.25, 0.3) is 0 Å². The zero-order chi connectivity index (χ0) is 7.95. The Labute approximate surface area is 80.3 Å². The first-order chi connectivity index (χ1) is 5.18. The van der Waals surface area contributed by atoms with E-state index in [1.165, 1.54) is 19.3 Å². The number of hydrogen-bond acceptors (Lipinski definition) is 2. The second-order valence-corrected chi connectivity index (χ2v) is 4.45. The molecule has 2 fully saturated rings. The van der Waals surface area contributed by atoms with Crippen molar-refractivity contribution in [3.63, 3.8) is 0 Å². The van der Waals surface area contributed by atoms with Gasteiger partial charge >= 0.3 is 0 Å². The van der Waals surface area contributed by atoms with E-state index in [4.69, 9.17) is 10.5 Å². The Bertz CT molecular complexity index is 158. The van der Waals surface area contributed by atoms with Crippen LogP contribution in [0.4, 0.5) is 0 Å². The number of halogens is 1. The summed E-state index contributed by atoms with van der Waals surface area (Å²) in [4.78, 5) is 0. The fraction of sp³-hybridized carbons (Fsp3) is 1.00. The Balaban J connectivity index is 0.000000720. The van der Waals surface area contributed by atoms with Crippen molar-refractivity contribution >= 4 is 12.4 Å². The van der Waals surface area contributed by atoms with Crippen molar-refractivity contribution in [3.8, 4) is 0 Å². The van der Waals surface area contributed by atoms with Gasteiger partial charge in [-0.15, -0.1) is 12.4 Å². The molecule has 1 aliphatic carbocycles. The molecule has 0 spiro atoms. The minimum Gasteiger partial charge on any atom is -0.375 e. The van der Waals surface area contributed by atoms with Crippen molar-refractivity contribution in [3.05, 3.63) is 0 Å². The number of hydrogen-bond donors (Lipinski definition) is 1. The summed E-state index contributed by atoms with van der Waals surface area (Å²) in [6, 6.07) is 0. The van der Waals surface area contributed by atoms with Gasteiger partial charge in [0.2, 0.25) is 0 Å². The van der Waals surface area contributed by atoms with Gasteiger partial charge in [0.15, 0.2) is 0 Å². The molecule has 0 aromatic heterocycles. The van der Waals surface area contributed by atoms with Crippen LogP contribution in [0.2, 0.25) is 0 Å². The van der Waals surface area contributed by atoms with Crippen LogP contribution in [0.3, 0.4) is 0 Å². The lowest BCUT2D eigenvalue weighted by atomic mass is 9.84. The highest BCUT2D eigenvalue weighted by molar-refractivity contribution is 5.85. The smallest absolute Gasteiger partial charge is 0.0661 e. The normalized spacial score (nSPS) is 44.5. The van der Waals surface area contributed by atoms with E-state index in [2.05, 4.69) is 6.92 Å². The average molecular weight is 192 g/mol. The zero-order valence-electron chi connectivity index (χ0n) is 7.64. The largest absolute Gasteiger partial charge is 0.375 e. The maximum atomic E-state index is 5.74. The molecule has 0 aromatic carbocycles. The predicted molar refractivity (Wildman–Crippen MR) is 51.6 cm³/mol. The van der Waals surface area contributed by atoms with Crippen molar-refractivity contribution in [2.45, 2.75) is 38.2 Å². The fourth-order valence-electron chi connectivity index (χ4n) is 2.67. The van der Waals surface area contributed by atoms with E-state index in [0.717, 1.165) is 19.6 Å². The van der Waals surface area contributed by atoms with Gasteiger partial charge in [0.1, 0.15) is 0 Å². The van der Waals surface area contributed by atoms with Gasteiger partial charge < -0.3 is 10.5 Å². The topological polar surface area (TPSA) is 35.2 Å². The van der Waals surface area contributed by atoms with Crippen LogP contribution in [0, 0.1) is 5.41 Å². The standard InChI is InChI=1S/C9H17NO.ClH/c1-8-2-3-9(6-8,4-5-10)7-11-8;/h2-7,10H2,1H3;1H. The van der Waals surface area contributed by atoms with Gasteiger partial charge in [-0.1, -0.05) is 0 Å². The van der Waals surface area contributed by atoms with E-state index in [9.17, 15) is 0 Å². The molecule has 1 saturated heterocycles. The Morgan fingerprint density at radius 3 is 2.50 bits per heavy atom. The number of fused-ring (bicyclic) bond motifs is 2. The summed E-state index contributed by atoms with van der Waals surface area (Å²) in [6.45, 7) is 4.01. The first-order valence-corrected chi connectivity index (χ1v) is 4.52. The maximum absolute atomic E-state index is 5.74. The number of nitrogens with two attached hydrogens (primary N) is 1. The molecular weight excluding hydrogens is 174 g/mol. The minimum absolute atomic E-state index is 0. The van der Waals surface area contributed by atoms with E-state index < -0.39 is 0 Å². The summed E-state index contributed by atoms with van der Waals surface area (Å²) in [5.41, 5.74) is 6.27. The molecule has 2 N–H and O–H groups in total. The molecule has 1 heterocycles. The zero-order valence-corrected chi connectivity index (χ0v) is 8.45. The Hall–Kier alpha value is 0.210. The predicted octanol–water partition coefficient (Wildman–Crippen LogP) is 1.72. The lowest BCUT2D eigenvalue weighted by molar-refractivity contribution is -0.0163. The van der Waals surface area contributed by atoms with Crippen LogP contribution < -0.4 is 5.73 Å². The van der Waals surface area contributed by atoms with Gasteiger partial charge in [0.05, 0.1) is 12.2 Å². The highest BCUT2D eigenvalue weighted by Crippen LogP contribution is 2.54. The summed E-state index contributed by atoms with van der Waals surface area (Å²) in [5, 5.41) is 0. The average Bonchev–Trinajstić information content (AvgIpc) is 2.42. The van der Waals surface area contributed by atoms with Gasteiger partial charge in [-0.05, 0) is 44.6 Å². The maximum Gasteiger partial charge on any atom is 0.0661 e. The molecule has 72 valence electrons. The monoisotopic (exact) mass is 191 g/mol. The van der Waals surface area contributed by atoms with Crippen LogP contribution in [-0.4, -0.2) is 18.8 Å². The van der Waals surface area contributed by atoms with Crippen LogP contribution in [0.15, 0.2) is 0 Å². The molecule has 0 radical (unpaired) electrons. The third-order valence-electron chi connectivity index (χ3n) is 3.33. The lowest BCUT2D eigenvalue weighted by Gasteiger charge is -2.25. The molecule has 12 heavy (non-hydrogen) atoms. The van der Waals surface area contributed by atoms with Crippen molar-refractivity contribution in [2.75, 3.05) is 13.2 Å².